The summed E-state index contributed by atoms with van der Waals surface area (Å²) in [5, 5.41) is 29.2. The van der Waals surface area contributed by atoms with E-state index in [-0.39, 0.29) is 5.56 Å². The Morgan fingerprint density at radius 3 is 2.07 bits per heavy atom. The second-order valence-corrected chi connectivity index (χ2v) is 7.04. The third-order valence-electron chi connectivity index (χ3n) is 4.87. The molecule has 0 spiro atoms. The minimum Gasteiger partial charge on any atom is -0.343 e. The van der Waals surface area contributed by atoms with Crippen LogP contribution in [0.2, 0.25) is 0 Å². The molecule has 2 aromatic rings. The number of benzene rings is 2. The Hall–Kier alpha value is -1.82. The van der Waals surface area contributed by atoms with Crippen LogP contribution in [0.15, 0.2) is 42.5 Å². The monoisotopic (exact) mass is 378 g/mol. The van der Waals surface area contributed by atoms with Crippen LogP contribution in [0.5, 0.6) is 0 Å². The summed E-state index contributed by atoms with van der Waals surface area (Å²) in [7, 11) is 0. The van der Waals surface area contributed by atoms with E-state index < -0.39 is 23.5 Å². The molecule has 3 nitrogen and oxygen atoms in total. The van der Waals surface area contributed by atoms with E-state index in [0.717, 1.165) is 38.2 Å². The van der Waals surface area contributed by atoms with Gasteiger partial charge in [-0.05, 0) is 29.7 Å². The predicted octanol–water partition coefficient (Wildman–Crippen LogP) is 5.10. The van der Waals surface area contributed by atoms with Crippen molar-refractivity contribution in [2.24, 2.45) is 0 Å². The molecule has 5 heteroatoms. The summed E-state index contributed by atoms with van der Waals surface area (Å²) in [6.07, 6.45) is 6.75. The molecule has 0 saturated heterocycles. The van der Waals surface area contributed by atoms with Crippen molar-refractivity contribution >= 4 is 0 Å². The van der Waals surface area contributed by atoms with Gasteiger partial charge in [0.2, 0.25) is 0 Å². The van der Waals surface area contributed by atoms with E-state index in [1.54, 1.807) is 24.3 Å². The van der Waals surface area contributed by atoms with Crippen LogP contribution >= 0.6 is 0 Å². The smallest absolute Gasteiger partial charge is 0.282 e. The third kappa shape index (κ3) is 6.38. The Labute approximate surface area is 159 Å². The summed E-state index contributed by atoms with van der Waals surface area (Å²) in [4.78, 5) is 0. The number of aliphatic hydroxyl groups is 3. The maximum Gasteiger partial charge on any atom is 0.282 e. The minimum atomic E-state index is -2.81. The zero-order valence-corrected chi connectivity index (χ0v) is 15.7. The van der Waals surface area contributed by atoms with Crippen LogP contribution < -0.4 is 0 Å². The number of hydrogen-bond donors (Lipinski definition) is 3. The molecule has 0 amide bonds. The molecule has 0 fully saturated rings. The van der Waals surface area contributed by atoms with Crippen LogP contribution in [0.25, 0.3) is 11.1 Å². The Morgan fingerprint density at radius 1 is 0.852 bits per heavy atom. The topological polar surface area (TPSA) is 60.7 Å². The molecule has 0 aliphatic rings. The number of rotatable bonds is 10. The molecule has 0 heterocycles. The summed E-state index contributed by atoms with van der Waals surface area (Å²) >= 11 is 0. The average Bonchev–Trinajstić information content (AvgIpc) is 2.60. The number of unbranched alkanes of at least 4 members (excludes halogenated alkanes) is 5. The minimum absolute atomic E-state index is 0.263. The van der Waals surface area contributed by atoms with Gasteiger partial charge in [-0.15, -0.1) is 0 Å². The van der Waals surface area contributed by atoms with Gasteiger partial charge in [0, 0.05) is 11.6 Å². The van der Waals surface area contributed by atoms with E-state index in [1.807, 2.05) is 0 Å². The van der Waals surface area contributed by atoms with Gasteiger partial charge >= 0.3 is 0 Å². The molecule has 0 aromatic heterocycles. The van der Waals surface area contributed by atoms with Crippen molar-refractivity contribution < 1.29 is 24.1 Å². The van der Waals surface area contributed by atoms with Gasteiger partial charge in [0.05, 0.1) is 5.92 Å². The fourth-order valence-electron chi connectivity index (χ4n) is 3.33. The van der Waals surface area contributed by atoms with E-state index >= 15 is 0 Å². The molecule has 0 saturated carbocycles. The van der Waals surface area contributed by atoms with Crippen LogP contribution in [-0.2, 0) is 0 Å². The lowest BCUT2D eigenvalue weighted by molar-refractivity contribution is -0.326. The zero-order valence-electron chi connectivity index (χ0n) is 15.7. The maximum atomic E-state index is 13.9. The second kappa shape index (κ2) is 9.93. The molecule has 0 aliphatic carbocycles. The van der Waals surface area contributed by atoms with Crippen LogP contribution in [0, 0.1) is 11.6 Å². The SMILES string of the molecule is CCCCCCCCC(c1ccc(-c2ccc(F)cc2F)cc1)C(O)(O)O. The lowest BCUT2D eigenvalue weighted by atomic mass is 9.89. The van der Waals surface area contributed by atoms with Gasteiger partial charge in [-0.2, -0.15) is 0 Å². The lowest BCUT2D eigenvalue weighted by Crippen LogP contribution is -2.35. The molecule has 2 rings (SSSR count). The van der Waals surface area contributed by atoms with Gasteiger partial charge in [-0.3, -0.25) is 0 Å². The lowest BCUT2D eigenvalue weighted by Gasteiger charge is -2.26. The van der Waals surface area contributed by atoms with Gasteiger partial charge in [-0.1, -0.05) is 69.7 Å². The summed E-state index contributed by atoms with van der Waals surface area (Å²) < 4.78 is 27.0. The van der Waals surface area contributed by atoms with Crippen molar-refractivity contribution in [2.75, 3.05) is 0 Å². The molecule has 2 aromatic carbocycles. The standard InChI is InChI=1S/C22H28F2O3/c1-2-3-4-5-6-7-8-20(22(25,26)27)17-11-9-16(10-12-17)19-14-13-18(23)15-21(19)24/h9-15,20,25-27H,2-8H2,1H3. The molecule has 0 aliphatic heterocycles. The summed E-state index contributed by atoms with van der Waals surface area (Å²) in [6.45, 7) is 2.15. The highest BCUT2D eigenvalue weighted by Crippen LogP contribution is 2.32. The van der Waals surface area contributed by atoms with E-state index in [9.17, 15) is 24.1 Å². The van der Waals surface area contributed by atoms with E-state index in [2.05, 4.69) is 6.92 Å². The van der Waals surface area contributed by atoms with Crippen molar-refractivity contribution in [2.45, 2.75) is 63.8 Å². The molecule has 148 valence electrons. The highest BCUT2D eigenvalue weighted by molar-refractivity contribution is 5.64. The second-order valence-electron chi connectivity index (χ2n) is 7.04. The molecule has 0 bridgehead atoms. The zero-order chi connectivity index (χ0) is 19.9. The van der Waals surface area contributed by atoms with Crippen molar-refractivity contribution in [1.29, 1.82) is 0 Å². The first-order valence-electron chi connectivity index (χ1n) is 9.55. The molecule has 1 atom stereocenters. The molecule has 1 unspecified atom stereocenters. The number of hydrogen-bond acceptors (Lipinski definition) is 3. The summed E-state index contributed by atoms with van der Waals surface area (Å²) in [6, 6.07) is 9.91. The van der Waals surface area contributed by atoms with Crippen LogP contribution in [0.3, 0.4) is 0 Å². The van der Waals surface area contributed by atoms with E-state index in [4.69, 9.17) is 0 Å². The highest BCUT2D eigenvalue weighted by Gasteiger charge is 2.33. The van der Waals surface area contributed by atoms with Crippen LogP contribution in [-0.4, -0.2) is 21.3 Å². The Balaban J connectivity index is 2.08. The van der Waals surface area contributed by atoms with Gasteiger partial charge in [0.1, 0.15) is 11.6 Å². The maximum absolute atomic E-state index is 13.9. The largest absolute Gasteiger partial charge is 0.343 e. The first kappa shape index (κ1) is 21.5. The van der Waals surface area contributed by atoms with E-state index in [1.165, 1.54) is 18.6 Å². The van der Waals surface area contributed by atoms with Gasteiger partial charge < -0.3 is 15.3 Å². The van der Waals surface area contributed by atoms with Crippen molar-refractivity contribution in [3.63, 3.8) is 0 Å². The quantitative estimate of drug-likeness (QED) is 0.398. The fraction of sp³-hybridized carbons (Fsp3) is 0.455. The Kier molecular flexibility index (Phi) is 7.90. The first-order valence-corrected chi connectivity index (χ1v) is 9.55. The Morgan fingerprint density at radius 2 is 1.48 bits per heavy atom. The van der Waals surface area contributed by atoms with E-state index in [0.29, 0.717) is 17.5 Å². The average molecular weight is 378 g/mol. The van der Waals surface area contributed by atoms with Gasteiger partial charge in [0.15, 0.2) is 0 Å². The third-order valence-corrected chi connectivity index (χ3v) is 4.87. The molecule has 0 radical (unpaired) electrons. The van der Waals surface area contributed by atoms with Crippen molar-refractivity contribution in [1.82, 2.24) is 0 Å². The van der Waals surface area contributed by atoms with Crippen molar-refractivity contribution in [3.8, 4) is 11.1 Å². The predicted molar refractivity (Wildman–Crippen MR) is 102 cm³/mol. The Bertz CT molecular complexity index is 708. The van der Waals surface area contributed by atoms with Crippen molar-refractivity contribution in [3.05, 3.63) is 59.7 Å². The van der Waals surface area contributed by atoms with Crippen LogP contribution in [0.1, 0.15) is 63.4 Å². The number of halogens is 2. The molecular formula is C22H28F2O3. The summed E-state index contributed by atoms with van der Waals surface area (Å²) in [5.41, 5.74) is 1.37. The summed E-state index contributed by atoms with van der Waals surface area (Å²) in [5.74, 6) is -4.97. The first-order chi connectivity index (χ1) is 12.8. The highest BCUT2D eigenvalue weighted by atomic mass is 19.1. The molecular weight excluding hydrogens is 350 g/mol. The normalized spacial score (nSPS) is 13.0. The molecule has 27 heavy (non-hydrogen) atoms. The molecule has 3 N–H and O–H groups in total. The van der Waals surface area contributed by atoms with Gasteiger partial charge in [-0.25, -0.2) is 8.78 Å². The van der Waals surface area contributed by atoms with Crippen LogP contribution in [0.4, 0.5) is 8.78 Å². The van der Waals surface area contributed by atoms with Gasteiger partial charge in [0.25, 0.3) is 5.97 Å². The fourth-order valence-corrected chi connectivity index (χ4v) is 3.33.